The minimum Gasteiger partial charge on any atom is -0.507 e. The van der Waals surface area contributed by atoms with Gasteiger partial charge >= 0.3 is 0 Å². The average Bonchev–Trinajstić information content (AvgIpc) is 3.17. The lowest BCUT2D eigenvalue weighted by atomic mass is 9.93. The molecule has 0 bridgehead atoms. The predicted molar refractivity (Wildman–Crippen MR) is 143 cm³/mol. The molecule has 7 heteroatoms. The van der Waals surface area contributed by atoms with Crippen LogP contribution in [-0.4, -0.2) is 41.5 Å². The van der Waals surface area contributed by atoms with E-state index < -0.39 is 17.7 Å². The van der Waals surface area contributed by atoms with E-state index in [-0.39, 0.29) is 24.0 Å². The summed E-state index contributed by atoms with van der Waals surface area (Å²) in [6, 6.07) is 19.3. The lowest BCUT2D eigenvalue weighted by molar-refractivity contribution is -0.140. The molecule has 1 atom stereocenters. The van der Waals surface area contributed by atoms with Crippen LogP contribution in [0.3, 0.4) is 0 Å². The van der Waals surface area contributed by atoms with Crippen LogP contribution >= 0.6 is 0 Å². The van der Waals surface area contributed by atoms with Crippen LogP contribution in [0.25, 0.3) is 5.76 Å². The number of carbonyl (C=O) groups excluding carboxylic acids is 2. The minimum absolute atomic E-state index is 0.00159. The molecule has 3 aromatic carbocycles. The number of carbonyl (C=O) groups is 2. The molecule has 2 aliphatic heterocycles. The Balaban J connectivity index is 1.60. The number of benzene rings is 3. The second-order valence-corrected chi connectivity index (χ2v) is 9.79. The largest absolute Gasteiger partial charge is 0.507 e. The van der Waals surface area contributed by atoms with E-state index in [1.807, 2.05) is 56.3 Å². The van der Waals surface area contributed by atoms with Crippen molar-refractivity contribution >= 4 is 17.4 Å². The Morgan fingerprint density at radius 2 is 1.84 bits per heavy atom. The summed E-state index contributed by atoms with van der Waals surface area (Å²) in [5.74, 6) is 0.453. The first-order chi connectivity index (χ1) is 18.4. The van der Waals surface area contributed by atoms with Gasteiger partial charge in [-0.2, -0.15) is 0 Å². The normalized spacial score (nSPS) is 18.3. The Kier molecular flexibility index (Phi) is 7.09. The van der Waals surface area contributed by atoms with Gasteiger partial charge in [0.15, 0.2) is 0 Å². The number of aryl methyl sites for hydroxylation is 1. The summed E-state index contributed by atoms with van der Waals surface area (Å²) in [7, 11) is 1.56. The number of ether oxygens (including phenoxy) is 3. The van der Waals surface area contributed by atoms with Crippen LogP contribution in [0.5, 0.6) is 17.2 Å². The Morgan fingerprint density at radius 1 is 1.05 bits per heavy atom. The number of hydrogen-bond donors (Lipinski definition) is 1. The highest BCUT2D eigenvalue weighted by atomic mass is 16.5. The molecule has 0 spiro atoms. The van der Waals surface area contributed by atoms with Crippen molar-refractivity contribution in [2.24, 2.45) is 0 Å². The van der Waals surface area contributed by atoms with E-state index in [2.05, 4.69) is 0 Å². The molecule has 7 nitrogen and oxygen atoms in total. The third kappa shape index (κ3) is 4.96. The van der Waals surface area contributed by atoms with Gasteiger partial charge in [-0.1, -0.05) is 24.3 Å². The van der Waals surface area contributed by atoms with Crippen molar-refractivity contribution in [3.63, 3.8) is 0 Å². The fourth-order valence-corrected chi connectivity index (χ4v) is 5.05. The maximum absolute atomic E-state index is 13.5. The first-order valence-corrected chi connectivity index (χ1v) is 12.8. The number of methoxy groups -OCH3 is 1. The lowest BCUT2D eigenvalue weighted by Gasteiger charge is -2.26. The maximum Gasteiger partial charge on any atom is 0.295 e. The van der Waals surface area contributed by atoms with Gasteiger partial charge in [0.05, 0.1) is 31.4 Å². The molecule has 1 unspecified atom stereocenters. The van der Waals surface area contributed by atoms with Crippen LogP contribution < -0.4 is 14.2 Å². The van der Waals surface area contributed by atoms with Crippen LogP contribution in [0.1, 0.15) is 48.6 Å². The molecular formula is C31H31NO6. The summed E-state index contributed by atoms with van der Waals surface area (Å²) in [6.07, 6.45) is 1.70. The van der Waals surface area contributed by atoms with Crippen LogP contribution in [0, 0.1) is 0 Å². The highest BCUT2D eigenvalue weighted by Crippen LogP contribution is 2.42. The van der Waals surface area contributed by atoms with E-state index in [0.717, 1.165) is 29.7 Å². The third-order valence-corrected chi connectivity index (χ3v) is 6.75. The lowest BCUT2D eigenvalue weighted by Crippen LogP contribution is -2.29. The standard InChI is InChI=1S/C31H31NO6/c1-19(2)38-25-11-4-7-20(15-25)18-32-28(22-8-5-10-24(17-22)36-3)27(30(34)31(32)35)29(33)23-12-13-26-21(16-23)9-6-14-37-26/h4-5,7-8,10-13,15-17,19,28,33H,6,9,14,18H2,1-3H3/b29-27-. The maximum atomic E-state index is 13.5. The molecule has 3 aromatic rings. The molecule has 1 saturated heterocycles. The highest BCUT2D eigenvalue weighted by molar-refractivity contribution is 6.46. The predicted octanol–water partition coefficient (Wildman–Crippen LogP) is 5.43. The molecule has 38 heavy (non-hydrogen) atoms. The van der Waals surface area contributed by atoms with Crippen molar-refractivity contribution in [2.75, 3.05) is 13.7 Å². The van der Waals surface area contributed by atoms with E-state index in [1.54, 1.807) is 31.4 Å². The van der Waals surface area contributed by atoms with Crippen LogP contribution in [-0.2, 0) is 22.6 Å². The molecule has 0 aromatic heterocycles. The van der Waals surface area contributed by atoms with E-state index in [1.165, 1.54) is 4.90 Å². The molecule has 2 heterocycles. The Morgan fingerprint density at radius 3 is 2.63 bits per heavy atom. The second-order valence-electron chi connectivity index (χ2n) is 9.79. The van der Waals surface area contributed by atoms with Gasteiger partial charge in [0, 0.05) is 12.1 Å². The second kappa shape index (κ2) is 10.6. The monoisotopic (exact) mass is 513 g/mol. The van der Waals surface area contributed by atoms with E-state index >= 15 is 0 Å². The molecule has 0 aliphatic carbocycles. The molecular weight excluding hydrogens is 482 g/mol. The van der Waals surface area contributed by atoms with Gasteiger partial charge < -0.3 is 24.2 Å². The Labute approximate surface area is 222 Å². The highest BCUT2D eigenvalue weighted by Gasteiger charge is 2.46. The Hall–Kier alpha value is -4.26. The van der Waals surface area contributed by atoms with Crippen LogP contribution in [0.2, 0.25) is 0 Å². The Bertz CT molecular complexity index is 1410. The minimum atomic E-state index is -0.799. The molecule has 196 valence electrons. The molecule has 5 rings (SSSR count). The summed E-state index contributed by atoms with van der Waals surface area (Å²) < 4.78 is 16.9. The van der Waals surface area contributed by atoms with Gasteiger partial charge in [0.25, 0.3) is 11.7 Å². The van der Waals surface area contributed by atoms with Gasteiger partial charge in [-0.3, -0.25) is 9.59 Å². The smallest absolute Gasteiger partial charge is 0.295 e. The first kappa shape index (κ1) is 25.4. The van der Waals surface area contributed by atoms with Crippen molar-refractivity contribution in [1.29, 1.82) is 0 Å². The zero-order chi connectivity index (χ0) is 26.8. The molecule has 1 N–H and O–H groups in total. The number of nitrogens with zero attached hydrogens (tertiary/aromatic N) is 1. The zero-order valence-corrected chi connectivity index (χ0v) is 21.8. The number of fused-ring (bicyclic) bond motifs is 1. The molecule has 2 aliphatic rings. The van der Waals surface area contributed by atoms with Crippen molar-refractivity contribution < 1.29 is 28.9 Å². The number of aliphatic hydroxyl groups is 1. The quantitative estimate of drug-likeness (QED) is 0.258. The zero-order valence-electron chi connectivity index (χ0n) is 21.8. The summed E-state index contributed by atoms with van der Waals surface area (Å²) in [5, 5.41) is 11.5. The number of aliphatic hydroxyl groups excluding tert-OH is 1. The van der Waals surface area contributed by atoms with Crippen molar-refractivity contribution in [3.8, 4) is 17.2 Å². The van der Waals surface area contributed by atoms with E-state index in [0.29, 0.717) is 29.2 Å². The van der Waals surface area contributed by atoms with Crippen molar-refractivity contribution in [3.05, 3.63) is 94.6 Å². The summed E-state index contributed by atoms with van der Waals surface area (Å²) >= 11 is 0. The fourth-order valence-electron chi connectivity index (χ4n) is 5.05. The number of likely N-dealkylation sites (tertiary alicyclic amines) is 1. The summed E-state index contributed by atoms with van der Waals surface area (Å²) in [5.41, 5.74) is 2.97. The summed E-state index contributed by atoms with van der Waals surface area (Å²) in [6.45, 7) is 4.71. The van der Waals surface area contributed by atoms with Gasteiger partial charge in [-0.25, -0.2) is 0 Å². The number of hydrogen-bond acceptors (Lipinski definition) is 6. The molecule has 1 amide bonds. The van der Waals surface area contributed by atoms with Crippen LogP contribution in [0.15, 0.2) is 72.3 Å². The molecule has 1 fully saturated rings. The number of ketones is 1. The first-order valence-electron chi connectivity index (χ1n) is 12.8. The van der Waals surface area contributed by atoms with Gasteiger partial charge in [0.2, 0.25) is 0 Å². The van der Waals surface area contributed by atoms with Gasteiger partial charge in [-0.15, -0.1) is 0 Å². The molecule has 0 radical (unpaired) electrons. The van der Waals surface area contributed by atoms with Crippen LogP contribution in [0.4, 0.5) is 0 Å². The van der Waals surface area contributed by atoms with Crippen molar-refractivity contribution in [1.82, 2.24) is 4.90 Å². The average molecular weight is 514 g/mol. The van der Waals surface area contributed by atoms with Gasteiger partial charge in [-0.05, 0) is 85.8 Å². The number of amides is 1. The van der Waals surface area contributed by atoms with E-state index in [4.69, 9.17) is 14.2 Å². The summed E-state index contributed by atoms with van der Waals surface area (Å²) in [4.78, 5) is 28.4. The van der Waals surface area contributed by atoms with E-state index in [9.17, 15) is 14.7 Å². The topological polar surface area (TPSA) is 85.3 Å². The SMILES string of the molecule is COc1cccc(C2/C(=C(/O)c3ccc4c(c3)CCCO4)C(=O)C(=O)N2Cc2cccc(OC(C)C)c2)c1. The van der Waals surface area contributed by atoms with Crippen molar-refractivity contribution in [2.45, 2.75) is 45.4 Å². The fraction of sp³-hybridized carbons (Fsp3) is 0.290. The number of Topliss-reactive ketones (excluding diaryl/α,β-unsaturated/α-hetero) is 1. The number of rotatable bonds is 7. The molecule has 0 saturated carbocycles. The van der Waals surface area contributed by atoms with Gasteiger partial charge in [0.1, 0.15) is 23.0 Å². The third-order valence-electron chi connectivity index (χ3n) is 6.75.